The molecule has 1 atom stereocenters. The first-order chi connectivity index (χ1) is 14.5. The van der Waals surface area contributed by atoms with E-state index < -0.39 is 5.56 Å². The van der Waals surface area contributed by atoms with Gasteiger partial charge in [0.15, 0.2) is 5.49 Å². The summed E-state index contributed by atoms with van der Waals surface area (Å²) in [6.07, 6.45) is 2.13. The molecule has 1 aliphatic heterocycles. The van der Waals surface area contributed by atoms with Gasteiger partial charge in [-0.1, -0.05) is 37.3 Å². The molecule has 3 N–H and O–H groups in total. The molecule has 1 saturated heterocycles. The third kappa shape index (κ3) is 3.58. The van der Waals surface area contributed by atoms with Gasteiger partial charge in [-0.2, -0.15) is 0 Å². The Morgan fingerprint density at radius 3 is 2.70 bits per heavy atom. The molecule has 1 aromatic heterocycles. The Balaban J connectivity index is 1.65. The summed E-state index contributed by atoms with van der Waals surface area (Å²) in [5, 5.41) is 16.3. The van der Waals surface area contributed by atoms with Gasteiger partial charge in [0.1, 0.15) is 5.84 Å². The fourth-order valence-electron chi connectivity index (χ4n) is 4.12. The lowest BCUT2D eigenvalue weighted by atomic mass is 9.99. The quantitative estimate of drug-likeness (QED) is 0.460. The van der Waals surface area contributed by atoms with E-state index in [4.69, 9.17) is 10.8 Å². The molecule has 2 aromatic carbocycles. The first-order valence-electron chi connectivity index (χ1n) is 10.2. The molecule has 7 heteroatoms. The van der Waals surface area contributed by atoms with Crippen molar-refractivity contribution in [1.29, 1.82) is 10.8 Å². The number of aromatic amines is 1. The lowest BCUT2D eigenvalue weighted by Crippen LogP contribution is -2.39. The highest BCUT2D eigenvalue weighted by atomic mass is 16.2. The summed E-state index contributed by atoms with van der Waals surface area (Å²) < 4.78 is 1.35. The number of H-pyrrole nitrogens is 1. The number of amides is 1. The number of carbonyl (C=O) groups excluding carboxylic acids is 1. The molecule has 0 radical (unpaired) electrons. The van der Waals surface area contributed by atoms with Crippen LogP contribution in [-0.2, 0) is 0 Å². The van der Waals surface area contributed by atoms with E-state index in [0.29, 0.717) is 42.0 Å². The van der Waals surface area contributed by atoms with E-state index >= 15 is 0 Å². The minimum atomic E-state index is -0.571. The lowest BCUT2D eigenvalue weighted by Gasteiger charge is -2.18. The number of rotatable bonds is 4. The minimum Gasteiger partial charge on any atom is -0.338 e. The van der Waals surface area contributed by atoms with Crippen LogP contribution in [0.4, 0.5) is 0 Å². The van der Waals surface area contributed by atoms with Gasteiger partial charge in [0.25, 0.3) is 11.5 Å². The van der Waals surface area contributed by atoms with E-state index in [1.807, 2.05) is 30.0 Å². The topological polar surface area (TPSA) is 106 Å². The van der Waals surface area contributed by atoms with E-state index in [9.17, 15) is 9.59 Å². The van der Waals surface area contributed by atoms with Crippen molar-refractivity contribution in [2.45, 2.75) is 32.1 Å². The Morgan fingerprint density at radius 1 is 1.20 bits per heavy atom. The van der Waals surface area contributed by atoms with Crippen LogP contribution in [0.2, 0.25) is 0 Å². The summed E-state index contributed by atoms with van der Waals surface area (Å²) in [5.41, 5.74) is 1.91. The number of aromatic nitrogens is 2. The van der Waals surface area contributed by atoms with Crippen LogP contribution < -0.4 is 11.0 Å². The maximum atomic E-state index is 13.1. The van der Waals surface area contributed by atoms with Crippen LogP contribution >= 0.6 is 0 Å². The van der Waals surface area contributed by atoms with Crippen LogP contribution in [0.1, 0.15) is 48.0 Å². The maximum Gasteiger partial charge on any atom is 0.291 e. The van der Waals surface area contributed by atoms with Gasteiger partial charge in [-0.25, -0.2) is 0 Å². The number of nitrogens with zero attached hydrogens (tertiary/aromatic N) is 2. The van der Waals surface area contributed by atoms with Gasteiger partial charge in [-0.15, -0.1) is 0 Å². The van der Waals surface area contributed by atoms with E-state index in [1.54, 1.807) is 18.2 Å². The summed E-state index contributed by atoms with van der Waals surface area (Å²) in [7, 11) is 0. The Hall–Kier alpha value is -3.48. The van der Waals surface area contributed by atoms with Crippen LogP contribution in [0, 0.1) is 10.8 Å². The second kappa shape index (κ2) is 8.10. The molecule has 0 spiro atoms. The van der Waals surface area contributed by atoms with Crippen molar-refractivity contribution < 1.29 is 4.79 Å². The van der Waals surface area contributed by atoms with E-state index in [-0.39, 0.29) is 17.2 Å². The Morgan fingerprint density at radius 2 is 1.97 bits per heavy atom. The summed E-state index contributed by atoms with van der Waals surface area (Å²) in [6.45, 7) is 3.31. The van der Waals surface area contributed by atoms with Gasteiger partial charge in [-0.3, -0.25) is 25.0 Å². The van der Waals surface area contributed by atoms with Gasteiger partial charge < -0.3 is 9.88 Å². The van der Waals surface area contributed by atoms with Gasteiger partial charge in [-0.05, 0) is 36.6 Å². The monoisotopic (exact) mass is 403 g/mol. The predicted molar refractivity (Wildman–Crippen MR) is 116 cm³/mol. The Bertz CT molecular complexity index is 1230. The van der Waals surface area contributed by atoms with Gasteiger partial charge >= 0.3 is 0 Å². The molecular weight excluding hydrogens is 378 g/mol. The first-order valence-corrected chi connectivity index (χ1v) is 10.2. The number of likely N-dealkylation sites (tertiary alicyclic amines) is 1. The third-order valence-corrected chi connectivity index (χ3v) is 5.67. The smallest absolute Gasteiger partial charge is 0.291 e. The molecule has 1 aliphatic rings. The zero-order valence-electron chi connectivity index (χ0n) is 16.9. The Labute approximate surface area is 174 Å². The average Bonchev–Trinajstić information content (AvgIpc) is 3.25. The van der Waals surface area contributed by atoms with Crippen molar-refractivity contribution in [2.75, 3.05) is 13.1 Å². The van der Waals surface area contributed by atoms with Gasteiger partial charge in [0.2, 0.25) is 0 Å². The van der Waals surface area contributed by atoms with Crippen molar-refractivity contribution in [3.63, 3.8) is 0 Å². The minimum absolute atomic E-state index is 0.0682. The molecule has 0 saturated carbocycles. The highest BCUT2D eigenvalue weighted by Crippen LogP contribution is 2.28. The molecule has 2 heterocycles. The van der Waals surface area contributed by atoms with Crippen molar-refractivity contribution >= 4 is 22.8 Å². The highest BCUT2D eigenvalue weighted by Gasteiger charge is 2.28. The standard InChI is InChI=1S/C23H25N5O2/c1-2-6-20(24)28-19-10-9-16(13-18(19)26-22(29)21(28)25)23(30)27-12-11-17(14-27)15-7-4-3-5-8-15/h3-5,7-10,13,17,24-25H,2,6,11-12,14H2,1H3,(H,26,29). The third-order valence-electron chi connectivity index (χ3n) is 5.67. The number of hydrogen-bond donors (Lipinski definition) is 3. The molecule has 1 fully saturated rings. The van der Waals surface area contributed by atoms with Gasteiger partial charge in [0.05, 0.1) is 11.0 Å². The fourth-order valence-corrected chi connectivity index (χ4v) is 4.12. The van der Waals surface area contributed by atoms with E-state index in [0.717, 1.165) is 12.8 Å². The summed E-state index contributed by atoms with van der Waals surface area (Å²) in [6, 6.07) is 15.3. The second-order valence-corrected chi connectivity index (χ2v) is 7.71. The molecule has 4 rings (SSSR count). The Kier molecular flexibility index (Phi) is 5.35. The zero-order valence-corrected chi connectivity index (χ0v) is 16.9. The SMILES string of the molecule is CCCC(=N)n1c(=N)c(=O)[nH]c2cc(C(=O)N3CCC(c4ccccc4)C3)ccc21. The normalized spacial score (nSPS) is 16.2. The number of hydrogen-bond acceptors (Lipinski definition) is 4. The van der Waals surface area contributed by atoms with Crippen LogP contribution in [0.3, 0.4) is 0 Å². The molecule has 3 aromatic rings. The summed E-state index contributed by atoms with van der Waals surface area (Å²) in [4.78, 5) is 29.9. The lowest BCUT2D eigenvalue weighted by molar-refractivity contribution is 0.0791. The van der Waals surface area contributed by atoms with E-state index in [1.165, 1.54) is 10.1 Å². The van der Waals surface area contributed by atoms with Crippen LogP contribution in [0.5, 0.6) is 0 Å². The number of carbonyl (C=O) groups is 1. The van der Waals surface area contributed by atoms with Crippen LogP contribution in [0.25, 0.3) is 11.0 Å². The number of nitrogens with one attached hydrogen (secondary N) is 3. The van der Waals surface area contributed by atoms with Crippen molar-refractivity contribution in [1.82, 2.24) is 14.5 Å². The fraction of sp³-hybridized carbons (Fsp3) is 0.304. The first kappa shape index (κ1) is 19.8. The summed E-state index contributed by atoms with van der Waals surface area (Å²) in [5.74, 6) is 0.460. The molecule has 0 aliphatic carbocycles. The van der Waals surface area contributed by atoms with Crippen LogP contribution in [0.15, 0.2) is 53.3 Å². The van der Waals surface area contributed by atoms with Crippen LogP contribution in [-0.4, -0.2) is 39.3 Å². The van der Waals surface area contributed by atoms with Crippen molar-refractivity contribution in [3.8, 4) is 0 Å². The number of fused-ring (bicyclic) bond motifs is 1. The predicted octanol–water partition coefficient (Wildman–Crippen LogP) is 3.06. The highest BCUT2D eigenvalue weighted by molar-refractivity contribution is 5.99. The van der Waals surface area contributed by atoms with E-state index in [2.05, 4.69) is 17.1 Å². The van der Waals surface area contributed by atoms with Crippen molar-refractivity contribution in [3.05, 3.63) is 75.5 Å². The molecule has 154 valence electrons. The molecule has 1 amide bonds. The molecule has 1 unspecified atom stereocenters. The summed E-state index contributed by atoms with van der Waals surface area (Å²) >= 11 is 0. The average molecular weight is 403 g/mol. The zero-order chi connectivity index (χ0) is 21.3. The molecule has 30 heavy (non-hydrogen) atoms. The maximum absolute atomic E-state index is 13.1. The number of benzene rings is 2. The van der Waals surface area contributed by atoms with Crippen molar-refractivity contribution in [2.24, 2.45) is 0 Å². The molecular formula is C23H25N5O2. The molecule has 0 bridgehead atoms. The molecule has 7 nitrogen and oxygen atoms in total. The second-order valence-electron chi connectivity index (χ2n) is 7.71. The van der Waals surface area contributed by atoms with Gasteiger partial charge in [0, 0.05) is 31.0 Å². The largest absolute Gasteiger partial charge is 0.338 e.